The van der Waals surface area contributed by atoms with Crippen LogP contribution in [0.25, 0.3) is 0 Å². The van der Waals surface area contributed by atoms with Gasteiger partial charge in [-0.25, -0.2) is 0 Å². The fraction of sp³-hybridized carbons (Fsp3) is 0.462. The summed E-state index contributed by atoms with van der Waals surface area (Å²) in [5.74, 6) is -0.153. The molecular formula is C13H18N4OS. The lowest BCUT2D eigenvalue weighted by Crippen LogP contribution is -2.61. The number of nitrogens with one attached hydrogen (secondary N) is 1. The lowest BCUT2D eigenvalue weighted by atomic mass is 9.87. The van der Waals surface area contributed by atoms with Gasteiger partial charge in [0.15, 0.2) is 0 Å². The molecule has 1 fully saturated rings. The molecule has 5 nitrogen and oxygen atoms in total. The minimum Gasteiger partial charge on any atom is -0.391 e. The van der Waals surface area contributed by atoms with Crippen LogP contribution >= 0.6 is 12.2 Å². The van der Waals surface area contributed by atoms with Crippen molar-refractivity contribution in [1.82, 2.24) is 15.2 Å². The molecule has 0 unspecified atom stereocenters. The van der Waals surface area contributed by atoms with E-state index in [0.29, 0.717) is 10.6 Å². The molecule has 1 aliphatic heterocycles. The number of hydrogen-bond acceptors (Lipinski definition) is 4. The molecule has 1 saturated heterocycles. The molecule has 0 radical (unpaired) electrons. The van der Waals surface area contributed by atoms with Crippen molar-refractivity contribution in [3.05, 3.63) is 30.1 Å². The summed E-state index contributed by atoms with van der Waals surface area (Å²) >= 11 is 5.17. The molecule has 0 spiro atoms. The van der Waals surface area contributed by atoms with Crippen LogP contribution in [0.5, 0.6) is 0 Å². The van der Waals surface area contributed by atoms with E-state index >= 15 is 0 Å². The van der Waals surface area contributed by atoms with E-state index in [4.69, 9.17) is 18.0 Å². The van der Waals surface area contributed by atoms with Crippen molar-refractivity contribution in [1.29, 1.82) is 0 Å². The monoisotopic (exact) mass is 278 g/mol. The summed E-state index contributed by atoms with van der Waals surface area (Å²) in [7, 11) is 2.05. The van der Waals surface area contributed by atoms with E-state index in [9.17, 15) is 4.79 Å². The second kappa shape index (κ2) is 5.63. The van der Waals surface area contributed by atoms with Crippen molar-refractivity contribution in [2.75, 3.05) is 20.1 Å². The van der Waals surface area contributed by atoms with E-state index in [1.54, 1.807) is 24.5 Å². The highest BCUT2D eigenvalue weighted by atomic mass is 32.1. The van der Waals surface area contributed by atoms with E-state index in [2.05, 4.69) is 15.2 Å². The minimum absolute atomic E-state index is 0.153. The van der Waals surface area contributed by atoms with Crippen molar-refractivity contribution < 1.29 is 4.79 Å². The van der Waals surface area contributed by atoms with E-state index in [0.717, 1.165) is 25.9 Å². The SMILES string of the molecule is CN1CCC(NC(=O)c2ccncc2)(C(N)=S)CC1. The lowest BCUT2D eigenvalue weighted by Gasteiger charge is -2.40. The third kappa shape index (κ3) is 3.08. The maximum atomic E-state index is 12.2. The first-order valence-electron chi connectivity index (χ1n) is 6.24. The number of thiocarbonyl (C=S) groups is 1. The zero-order valence-corrected chi connectivity index (χ0v) is 11.7. The molecule has 2 rings (SSSR count). The number of carbonyl (C=O) groups is 1. The van der Waals surface area contributed by atoms with Crippen LogP contribution in [0.15, 0.2) is 24.5 Å². The lowest BCUT2D eigenvalue weighted by molar-refractivity contribution is 0.0890. The summed E-state index contributed by atoms with van der Waals surface area (Å²) in [6, 6.07) is 3.36. The zero-order chi connectivity index (χ0) is 13.9. The molecule has 0 atom stereocenters. The van der Waals surface area contributed by atoms with Crippen molar-refractivity contribution in [3.8, 4) is 0 Å². The first kappa shape index (κ1) is 13.9. The van der Waals surface area contributed by atoms with Crippen LogP contribution in [0.4, 0.5) is 0 Å². The number of rotatable bonds is 3. The first-order chi connectivity index (χ1) is 9.03. The standard InChI is InChI=1S/C13H18N4OS/c1-17-8-4-13(5-9-17,12(14)19)16-11(18)10-2-6-15-7-3-10/h2-3,6-7H,4-5,8-9H2,1H3,(H2,14,19)(H,16,18). The molecule has 1 amide bonds. The summed E-state index contributed by atoms with van der Waals surface area (Å²) in [6.45, 7) is 1.74. The Morgan fingerprint density at radius 1 is 1.42 bits per heavy atom. The van der Waals surface area contributed by atoms with Crippen LogP contribution in [0.1, 0.15) is 23.2 Å². The Morgan fingerprint density at radius 2 is 2.00 bits per heavy atom. The van der Waals surface area contributed by atoms with E-state index < -0.39 is 5.54 Å². The van der Waals surface area contributed by atoms with Gasteiger partial charge in [0, 0.05) is 31.0 Å². The van der Waals surface area contributed by atoms with Crippen LogP contribution in [0.3, 0.4) is 0 Å². The van der Waals surface area contributed by atoms with Crippen molar-refractivity contribution in [2.45, 2.75) is 18.4 Å². The topological polar surface area (TPSA) is 71.2 Å². The molecule has 6 heteroatoms. The zero-order valence-electron chi connectivity index (χ0n) is 10.9. The van der Waals surface area contributed by atoms with Gasteiger partial charge in [-0.3, -0.25) is 9.78 Å². The molecule has 3 N–H and O–H groups in total. The van der Waals surface area contributed by atoms with Crippen LogP contribution in [-0.2, 0) is 0 Å². The number of nitrogens with zero attached hydrogens (tertiary/aromatic N) is 2. The Morgan fingerprint density at radius 3 is 2.53 bits per heavy atom. The van der Waals surface area contributed by atoms with Crippen molar-refractivity contribution in [2.24, 2.45) is 5.73 Å². The average molecular weight is 278 g/mol. The predicted octanol–water partition coefficient (Wildman–Crippen LogP) is 0.562. The number of aromatic nitrogens is 1. The Balaban J connectivity index is 2.14. The number of hydrogen-bond donors (Lipinski definition) is 2. The molecule has 0 aromatic carbocycles. The van der Waals surface area contributed by atoms with Gasteiger partial charge in [0.1, 0.15) is 0 Å². The van der Waals surface area contributed by atoms with Crippen molar-refractivity contribution in [3.63, 3.8) is 0 Å². The van der Waals surface area contributed by atoms with E-state index in [-0.39, 0.29) is 5.91 Å². The molecule has 0 saturated carbocycles. The molecule has 19 heavy (non-hydrogen) atoms. The quantitative estimate of drug-likeness (QED) is 0.791. The molecular weight excluding hydrogens is 260 g/mol. The second-order valence-electron chi connectivity index (χ2n) is 4.94. The number of piperidine rings is 1. The summed E-state index contributed by atoms with van der Waals surface area (Å²) in [6.07, 6.45) is 4.68. The largest absolute Gasteiger partial charge is 0.391 e. The normalized spacial score (nSPS) is 18.8. The van der Waals surface area contributed by atoms with Crippen LogP contribution < -0.4 is 11.1 Å². The maximum Gasteiger partial charge on any atom is 0.252 e. The van der Waals surface area contributed by atoms with Crippen LogP contribution in [0, 0.1) is 0 Å². The van der Waals surface area contributed by atoms with Gasteiger partial charge in [0.05, 0.1) is 10.5 Å². The molecule has 0 bridgehead atoms. The third-order valence-corrected chi connectivity index (χ3v) is 4.00. The highest BCUT2D eigenvalue weighted by Crippen LogP contribution is 2.22. The van der Waals surface area contributed by atoms with Gasteiger partial charge in [0.2, 0.25) is 0 Å². The van der Waals surface area contributed by atoms with Gasteiger partial charge >= 0.3 is 0 Å². The smallest absolute Gasteiger partial charge is 0.252 e. The van der Waals surface area contributed by atoms with E-state index in [1.165, 1.54) is 0 Å². The molecule has 102 valence electrons. The predicted molar refractivity (Wildman–Crippen MR) is 78.0 cm³/mol. The number of carbonyl (C=O) groups excluding carboxylic acids is 1. The molecule has 1 aromatic rings. The summed E-state index contributed by atoms with van der Waals surface area (Å²) in [4.78, 5) is 18.7. The molecule has 1 aromatic heterocycles. The van der Waals surface area contributed by atoms with Crippen molar-refractivity contribution >= 4 is 23.1 Å². The number of pyridine rings is 1. The molecule has 2 heterocycles. The van der Waals surface area contributed by atoms with Gasteiger partial charge < -0.3 is 16.0 Å². The second-order valence-corrected chi connectivity index (χ2v) is 5.38. The Labute approximate surface area is 118 Å². The van der Waals surface area contributed by atoms with Gasteiger partial charge in [0.25, 0.3) is 5.91 Å². The summed E-state index contributed by atoms with van der Waals surface area (Å²) in [5, 5.41) is 3.01. The van der Waals surface area contributed by atoms with Crippen LogP contribution in [-0.4, -0.2) is 46.5 Å². The summed E-state index contributed by atoms with van der Waals surface area (Å²) in [5.41, 5.74) is 5.87. The maximum absolute atomic E-state index is 12.2. The highest BCUT2D eigenvalue weighted by Gasteiger charge is 2.38. The number of likely N-dealkylation sites (tertiary alicyclic amines) is 1. The van der Waals surface area contributed by atoms with Crippen LogP contribution in [0.2, 0.25) is 0 Å². The average Bonchev–Trinajstić information content (AvgIpc) is 2.42. The van der Waals surface area contributed by atoms with Gasteiger partial charge in [-0.2, -0.15) is 0 Å². The highest BCUT2D eigenvalue weighted by molar-refractivity contribution is 7.80. The Hall–Kier alpha value is -1.53. The number of amides is 1. The minimum atomic E-state index is -0.567. The fourth-order valence-corrected chi connectivity index (χ4v) is 2.48. The fourth-order valence-electron chi connectivity index (χ4n) is 2.23. The number of nitrogens with two attached hydrogens (primary N) is 1. The Bertz CT molecular complexity index is 469. The van der Waals surface area contributed by atoms with Gasteiger partial charge in [-0.15, -0.1) is 0 Å². The Kier molecular flexibility index (Phi) is 4.11. The molecule has 1 aliphatic rings. The van der Waals surface area contributed by atoms with Gasteiger partial charge in [-0.1, -0.05) is 12.2 Å². The molecule has 0 aliphatic carbocycles. The first-order valence-corrected chi connectivity index (χ1v) is 6.65. The third-order valence-electron chi connectivity index (χ3n) is 3.61. The van der Waals surface area contributed by atoms with Gasteiger partial charge in [-0.05, 0) is 32.0 Å². The van der Waals surface area contributed by atoms with E-state index in [1.807, 2.05) is 7.05 Å². The summed E-state index contributed by atoms with van der Waals surface area (Å²) < 4.78 is 0.